The van der Waals surface area contributed by atoms with E-state index in [1.54, 1.807) is 12.4 Å². The average molecular weight is 387 g/mol. The van der Waals surface area contributed by atoms with E-state index in [1.807, 2.05) is 91.5 Å². The second-order valence-corrected chi connectivity index (χ2v) is 6.75. The SMILES string of the molecule is c1ccc(-c2ccc(-c3ccc(-c4ccc(-c5cccnc5)cn4)cn3)nc2)nc1. The first-order chi connectivity index (χ1) is 14.9. The minimum Gasteiger partial charge on any atom is -0.264 e. The summed E-state index contributed by atoms with van der Waals surface area (Å²) in [6, 6.07) is 21.8. The number of hydrogen-bond acceptors (Lipinski definition) is 5. The van der Waals surface area contributed by atoms with Gasteiger partial charge in [0.1, 0.15) is 0 Å². The molecule has 0 saturated heterocycles. The van der Waals surface area contributed by atoms with Gasteiger partial charge in [-0.2, -0.15) is 0 Å². The molecule has 0 aliphatic carbocycles. The van der Waals surface area contributed by atoms with Crippen molar-refractivity contribution in [2.24, 2.45) is 0 Å². The van der Waals surface area contributed by atoms with Crippen molar-refractivity contribution < 1.29 is 0 Å². The van der Waals surface area contributed by atoms with Crippen LogP contribution in [-0.2, 0) is 0 Å². The molecule has 0 radical (unpaired) electrons. The molecule has 5 nitrogen and oxygen atoms in total. The van der Waals surface area contributed by atoms with Crippen LogP contribution >= 0.6 is 0 Å². The van der Waals surface area contributed by atoms with Crippen LogP contribution in [0.4, 0.5) is 0 Å². The largest absolute Gasteiger partial charge is 0.264 e. The predicted octanol–water partition coefficient (Wildman–Crippen LogP) is 5.33. The summed E-state index contributed by atoms with van der Waals surface area (Å²) in [6.07, 6.45) is 10.9. The van der Waals surface area contributed by atoms with E-state index in [2.05, 4.69) is 24.9 Å². The van der Waals surface area contributed by atoms with Crippen LogP contribution < -0.4 is 0 Å². The second kappa shape index (κ2) is 8.01. The fraction of sp³-hybridized carbons (Fsp3) is 0. The molecule has 30 heavy (non-hydrogen) atoms. The minimum atomic E-state index is 0.818. The lowest BCUT2D eigenvalue weighted by atomic mass is 10.1. The highest BCUT2D eigenvalue weighted by Crippen LogP contribution is 2.24. The van der Waals surface area contributed by atoms with Crippen molar-refractivity contribution >= 4 is 0 Å². The molecule has 5 rings (SSSR count). The first kappa shape index (κ1) is 17.8. The Morgan fingerprint density at radius 3 is 1.50 bits per heavy atom. The summed E-state index contributed by atoms with van der Waals surface area (Å²) in [7, 11) is 0. The summed E-state index contributed by atoms with van der Waals surface area (Å²) in [5.41, 5.74) is 7.44. The lowest BCUT2D eigenvalue weighted by Crippen LogP contribution is -1.91. The molecule has 0 N–H and O–H groups in total. The van der Waals surface area contributed by atoms with E-state index in [-0.39, 0.29) is 0 Å². The summed E-state index contributed by atoms with van der Waals surface area (Å²) in [5, 5.41) is 0. The van der Waals surface area contributed by atoms with Gasteiger partial charge in [-0.25, -0.2) is 0 Å². The second-order valence-electron chi connectivity index (χ2n) is 6.75. The Morgan fingerprint density at radius 2 is 0.967 bits per heavy atom. The molecule has 0 unspecified atom stereocenters. The number of nitrogens with zero attached hydrogens (tertiary/aromatic N) is 5. The van der Waals surface area contributed by atoms with Crippen molar-refractivity contribution in [2.75, 3.05) is 0 Å². The van der Waals surface area contributed by atoms with Gasteiger partial charge in [0.05, 0.1) is 22.8 Å². The predicted molar refractivity (Wildman–Crippen MR) is 117 cm³/mol. The molecule has 0 saturated carbocycles. The summed E-state index contributed by atoms with van der Waals surface area (Å²) in [6.45, 7) is 0. The molecule has 5 heteroatoms. The van der Waals surface area contributed by atoms with E-state index in [0.29, 0.717) is 0 Å². The topological polar surface area (TPSA) is 64.5 Å². The Labute approximate surface area is 174 Å². The highest BCUT2D eigenvalue weighted by molar-refractivity contribution is 5.68. The van der Waals surface area contributed by atoms with Crippen LogP contribution in [0.15, 0.2) is 104 Å². The molecule has 5 aromatic heterocycles. The maximum Gasteiger partial charge on any atom is 0.0886 e. The van der Waals surface area contributed by atoms with Crippen LogP contribution in [0, 0.1) is 0 Å². The molecule has 0 bridgehead atoms. The summed E-state index contributed by atoms with van der Waals surface area (Å²) < 4.78 is 0. The average Bonchev–Trinajstić information content (AvgIpc) is 2.85. The Bertz CT molecular complexity index is 1130. The lowest BCUT2D eigenvalue weighted by Gasteiger charge is -2.06. The molecule has 142 valence electrons. The van der Waals surface area contributed by atoms with Crippen molar-refractivity contribution in [1.82, 2.24) is 24.9 Å². The van der Waals surface area contributed by atoms with Crippen LogP contribution in [0.25, 0.3) is 45.0 Å². The highest BCUT2D eigenvalue weighted by Gasteiger charge is 2.06. The van der Waals surface area contributed by atoms with Gasteiger partial charge in [-0.3, -0.25) is 24.9 Å². The molecule has 0 atom stereocenters. The van der Waals surface area contributed by atoms with Gasteiger partial charge in [0.25, 0.3) is 0 Å². The van der Waals surface area contributed by atoms with Crippen LogP contribution in [0.3, 0.4) is 0 Å². The molecule has 5 aromatic rings. The number of aromatic nitrogens is 5. The molecule has 0 amide bonds. The normalized spacial score (nSPS) is 10.7. The van der Waals surface area contributed by atoms with Gasteiger partial charge in [0.15, 0.2) is 0 Å². The molecule has 0 fully saturated rings. The van der Waals surface area contributed by atoms with Gasteiger partial charge < -0.3 is 0 Å². The Morgan fingerprint density at radius 1 is 0.367 bits per heavy atom. The van der Waals surface area contributed by atoms with Gasteiger partial charge in [-0.05, 0) is 48.5 Å². The third-order valence-electron chi connectivity index (χ3n) is 4.80. The number of rotatable bonds is 4. The van der Waals surface area contributed by atoms with E-state index in [9.17, 15) is 0 Å². The smallest absolute Gasteiger partial charge is 0.0886 e. The van der Waals surface area contributed by atoms with Gasteiger partial charge >= 0.3 is 0 Å². The van der Waals surface area contributed by atoms with E-state index in [4.69, 9.17) is 0 Å². The van der Waals surface area contributed by atoms with E-state index in [1.165, 1.54) is 0 Å². The first-order valence-electron chi connectivity index (χ1n) is 9.57. The quantitative estimate of drug-likeness (QED) is 0.417. The van der Waals surface area contributed by atoms with Crippen molar-refractivity contribution in [3.63, 3.8) is 0 Å². The minimum absolute atomic E-state index is 0.818. The molecule has 0 spiro atoms. The van der Waals surface area contributed by atoms with E-state index < -0.39 is 0 Å². The fourth-order valence-corrected chi connectivity index (χ4v) is 3.20. The Balaban J connectivity index is 1.35. The van der Waals surface area contributed by atoms with Crippen molar-refractivity contribution in [3.05, 3.63) is 104 Å². The lowest BCUT2D eigenvalue weighted by molar-refractivity contribution is 1.23. The maximum atomic E-state index is 4.58. The maximum absolute atomic E-state index is 4.58. The van der Waals surface area contributed by atoms with Crippen molar-refractivity contribution in [2.45, 2.75) is 0 Å². The summed E-state index contributed by atoms with van der Waals surface area (Å²) in [4.78, 5) is 22.2. The number of hydrogen-bond donors (Lipinski definition) is 0. The molecular formula is C25H17N5. The Kier molecular flexibility index (Phi) is 4.76. The van der Waals surface area contributed by atoms with Crippen LogP contribution in [0.5, 0.6) is 0 Å². The van der Waals surface area contributed by atoms with E-state index in [0.717, 1.165) is 45.0 Å². The monoisotopic (exact) mass is 387 g/mol. The molecule has 0 aromatic carbocycles. The number of pyridine rings is 5. The zero-order valence-electron chi connectivity index (χ0n) is 16.1. The van der Waals surface area contributed by atoms with Crippen LogP contribution in [0.1, 0.15) is 0 Å². The standard InChI is InChI=1S/C25H17N5/c1-2-13-27-22(5-1)20-7-10-24(29-16-20)25-11-8-21(17-30-25)23-9-6-19(15-28-23)18-4-3-12-26-14-18/h1-17H. The molecule has 0 aliphatic heterocycles. The van der Waals surface area contributed by atoms with Gasteiger partial charge in [-0.1, -0.05) is 18.2 Å². The van der Waals surface area contributed by atoms with Crippen molar-refractivity contribution in [3.8, 4) is 45.0 Å². The summed E-state index contributed by atoms with van der Waals surface area (Å²) in [5.74, 6) is 0. The Hall–Kier alpha value is -4.25. The van der Waals surface area contributed by atoms with Crippen LogP contribution in [-0.4, -0.2) is 24.9 Å². The molecular weight excluding hydrogens is 370 g/mol. The van der Waals surface area contributed by atoms with Gasteiger partial charge in [-0.15, -0.1) is 0 Å². The highest BCUT2D eigenvalue weighted by atomic mass is 14.8. The third-order valence-corrected chi connectivity index (χ3v) is 4.80. The third kappa shape index (κ3) is 3.69. The van der Waals surface area contributed by atoms with Gasteiger partial charge in [0.2, 0.25) is 0 Å². The fourth-order valence-electron chi connectivity index (χ4n) is 3.20. The van der Waals surface area contributed by atoms with E-state index >= 15 is 0 Å². The zero-order chi connectivity index (χ0) is 20.2. The zero-order valence-corrected chi connectivity index (χ0v) is 16.1. The van der Waals surface area contributed by atoms with Crippen molar-refractivity contribution in [1.29, 1.82) is 0 Å². The van der Waals surface area contributed by atoms with Gasteiger partial charge in [0, 0.05) is 59.4 Å². The molecule has 5 heterocycles. The van der Waals surface area contributed by atoms with Crippen LogP contribution in [0.2, 0.25) is 0 Å². The molecule has 0 aliphatic rings. The first-order valence-corrected chi connectivity index (χ1v) is 9.57. The summed E-state index contributed by atoms with van der Waals surface area (Å²) >= 11 is 0.